The Morgan fingerprint density at radius 2 is 2.11 bits per heavy atom. The van der Waals surface area contributed by atoms with Gasteiger partial charge in [0, 0.05) is 16.2 Å². The molecule has 18 heavy (non-hydrogen) atoms. The fourth-order valence-corrected chi connectivity index (χ4v) is 2.60. The van der Waals surface area contributed by atoms with Crippen LogP contribution < -0.4 is 10.2 Å². The van der Waals surface area contributed by atoms with E-state index in [9.17, 15) is 4.79 Å². The van der Waals surface area contributed by atoms with Crippen LogP contribution in [0.2, 0.25) is 0 Å². The molecule has 0 saturated carbocycles. The van der Waals surface area contributed by atoms with E-state index >= 15 is 0 Å². The lowest BCUT2D eigenvalue weighted by atomic mass is 10.1. The normalized spacial score (nSPS) is 11.2. The van der Waals surface area contributed by atoms with Crippen LogP contribution in [-0.4, -0.2) is 12.1 Å². The average molecular weight is 310 g/mol. The van der Waals surface area contributed by atoms with Crippen LogP contribution in [0, 0.1) is 5.92 Å². The van der Waals surface area contributed by atoms with E-state index in [1.54, 1.807) is 13.2 Å². The highest BCUT2D eigenvalue weighted by Crippen LogP contribution is 2.28. The molecule has 0 aliphatic heterocycles. The lowest BCUT2D eigenvalue weighted by Gasteiger charge is -2.10. The van der Waals surface area contributed by atoms with Gasteiger partial charge in [0.2, 0.25) is 0 Å². The number of halogens is 1. The molecule has 0 spiro atoms. The summed E-state index contributed by atoms with van der Waals surface area (Å²) < 4.78 is 6.09. The molecule has 1 aromatic carbocycles. The molecule has 1 heterocycles. The number of methoxy groups -OCH3 is 1. The van der Waals surface area contributed by atoms with Gasteiger partial charge in [0.15, 0.2) is 5.43 Å². The van der Waals surface area contributed by atoms with Gasteiger partial charge in [-0.1, -0.05) is 13.8 Å². The standard InChI is InChI=1S/C14H16BrNO2/c1-8(2)6-9-7-11(17)13-10(15)4-5-12(18-3)14(13)16-9/h4-5,7-8H,6H2,1-3H3,(H,16,17). The van der Waals surface area contributed by atoms with Crippen molar-refractivity contribution in [1.82, 2.24) is 4.98 Å². The van der Waals surface area contributed by atoms with Crippen LogP contribution in [0.5, 0.6) is 5.75 Å². The zero-order valence-electron chi connectivity index (χ0n) is 10.7. The molecular formula is C14H16BrNO2. The number of aromatic nitrogens is 1. The number of benzene rings is 1. The molecule has 0 aliphatic rings. The zero-order valence-corrected chi connectivity index (χ0v) is 12.3. The number of rotatable bonds is 3. The third-order valence-electron chi connectivity index (χ3n) is 2.80. The maximum Gasteiger partial charge on any atom is 0.190 e. The maximum absolute atomic E-state index is 12.2. The molecule has 4 heteroatoms. The second-order valence-corrected chi connectivity index (χ2v) is 5.61. The summed E-state index contributed by atoms with van der Waals surface area (Å²) in [6.45, 7) is 4.25. The summed E-state index contributed by atoms with van der Waals surface area (Å²) in [6.07, 6.45) is 0.848. The first kappa shape index (κ1) is 13.1. The van der Waals surface area contributed by atoms with Crippen LogP contribution >= 0.6 is 15.9 Å². The molecule has 0 amide bonds. The summed E-state index contributed by atoms with van der Waals surface area (Å²) in [4.78, 5) is 15.5. The molecule has 0 radical (unpaired) electrons. The number of hydrogen-bond acceptors (Lipinski definition) is 2. The fraction of sp³-hybridized carbons (Fsp3) is 0.357. The van der Waals surface area contributed by atoms with Gasteiger partial charge in [0.05, 0.1) is 18.0 Å². The molecule has 2 aromatic rings. The van der Waals surface area contributed by atoms with Crippen molar-refractivity contribution in [3.63, 3.8) is 0 Å². The van der Waals surface area contributed by atoms with Crippen molar-refractivity contribution >= 4 is 26.8 Å². The van der Waals surface area contributed by atoms with E-state index in [0.717, 1.165) is 22.1 Å². The van der Waals surface area contributed by atoms with Gasteiger partial charge in [0.25, 0.3) is 0 Å². The Labute approximate surface area is 114 Å². The second-order valence-electron chi connectivity index (χ2n) is 4.76. The summed E-state index contributed by atoms with van der Waals surface area (Å²) in [5, 5.41) is 0.641. The molecule has 0 unspecified atom stereocenters. The summed E-state index contributed by atoms with van der Waals surface area (Å²) in [5.74, 6) is 1.19. The number of nitrogens with one attached hydrogen (secondary N) is 1. The Morgan fingerprint density at radius 1 is 1.39 bits per heavy atom. The minimum Gasteiger partial charge on any atom is -0.495 e. The van der Waals surface area contributed by atoms with E-state index in [2.05, 4.69) is 34.8 Å². The molecule has 2 rings (SSSR count). The van der Waals surface area contributed by atoms with E-state index in [-0.39, 0.29) is 5.43 Å². The van der Waals surface area contributed by atoms with E-state index in [1.807, 2.05) is 12.1 Å². The number of hydrogen-bond donors (Lipinski definition) is 1. The first-order chi connectivity index (χ1) is 8.52. The lowest BCUT2D eigenvalue weighted by molar-refractivity contribution is 0.418. The number of H-pyrrole nitrogens is 1. The quantitative estimate of drug-likeness (QED) is 0.943. The zero-order chi connectivity index (χ0) is 13.3. The number of aromatic amines is 1. The predicted octanol–water partition coefficient (Wildman–Crippen LogP) is 3.50. The largest absolute Gasteiger partial charge is 0.495 e. The Balaban J connectivity index is 2.73. The lowest BCUT2D eigenvalue weighted by Crippen LogP contribution is -2.08. The van der Waals surface area contributed by atoms with E-state index in [1.165, 1.54) is 0 Å². The minimum absolute atomic E-state index is 0.0187. The molecule has 1 N–H and O–H groups in total. The molecular weight excluding hydrogens is 294 g/mol. The Kier molecular flexibility index (Phi) is 3.76. The molecule has 0 saturated heterocycles. The smallest absolute Gasteiger partial charge is 0.190 e. The molecule has 3 nitrogen and oxygen atoms in total. The van der Waals surface area contributed by atoms with Gasteiger partial charge in [-0.15, -0.1) is 0 Å². The van der Waals surface area contributed by atoms with Crippen LogP contribution in [0.15, 0.2) is 27.5 Å². The molecule has 0 bridgehead atoms. The Bertz CT molecular complexity index is 631. The van der Waals surface area contributed by atoms with Crippen LogP contribution in [0.3, 0.4) is 0 Å². The van der Waals surface area contributed by atoms with Gasteiger partial charge < -0.3 is 9.72 Å². The van der Waals surface area contributed by atoms with Crippen molar-refractivity contribution in [2.45, 2.75) is 20.3 Å². The van der Waals surface area contributed by atoms with Crippen molar-refractivity contribution in [3.05, 3.63) is 38.6 Å². The summed E-state index contributed by atoms with van der Waals surface area (Å²) >= 11 is 3.41. The summed E-state index contributed by atoms with van der Waals surface area (Å²) in [5.41, 5.74) is 1.72. The molecule has 0 atom stereocenters. The summed E-state index contributed by atoms with van der Waals surface area (Å²) in [6, 6.07) is 5.35. The van der Waals surface area contributed by atoms with Gasteiger partial charge in [-0.05, 0) is 40.4 Å². The van der Waals surface area contributed by atoms with Gasteiger partial charge in [0.1, 0.15) is 5.75 Å². The molecule has 1 aromatic heterocycles. The molecule has 96 valence electrons. The third kappa shape index (κ3) is 2.43. The van der Waals surface area contributed by atoms with Gasteiger partial charge in [-0.25, -0.2) is 0 Å². The first-order valence-corrected chi connectivity index (χ1v) is 6.70. The fourth-order valence-electron chi connectivity index (χ4n) is 2.07. The van der Waals surface area contributed by atoms with Crippen molar-refractivity contribution in [2.24, 2.45) is 5.92 Å². The summed E-state index contributed by atoms with van der Waals surface area (Å²) in [7, 11) is 1.61. The number of ether oxygens (including phenoxy) is 1. The predicted molar refractivity (Wildman–Crippen MR) is 77.4 cm³/mol. The highest BCUT2D eigenvalue weighted by molar-refractivity contribution is 9.10. The number of pyridine rings is 1. The molecule has 0 aliphatic carbocycles. The maximum atomic E-state index is 12.2. The van der Waals surface area contributed by atoms with Crippen molar-refractivity contribution < 1.29 is 4.74 Å². The van der Waals surface area contributed by atoms with E-state index < -0.39 is 0 Å². The van der Waals surface area contributed by atoms with Gasteiger partial charge in [-0.3, -0.25) is 4.79 Å². The second kappa shape index (κ2) is 5.14. The van der Waals surface area contributed by atoms with Crippen molar-refractivity contribution in [2.75, 3.05) is 7.11 Å². The van der Waals surface area contributed by atoms with E-state index in [0.29, 0.717) is 17.1 Å². The Morgan fingerprint density at radius 3 is 2.72 bits per heavy atom. The SMILES string of the molecule is COc1ccc(Br)c2c(=O)cc(CC(C)C)[nH]c12. The van der Waals surface area contributed by atoms with Crippen molar-refractivity contribution in [3.8, 4) is 5.75 Å². The Hall–Kier alpha value is -1.29. The van der Waals surface area contributed by atoms with Crippen LogP contribution in [-0.2, 0) is 6.42 Å². The average Bonchev–Trinajstić information content (AvgIpc) is 2.28. The van der Waals surface area contributed by atoms with Crippen LogP contribution in [0.1, 0.15) is 19.5 Å². The molecule has 0 fully saturated rings. The highest BCUT2D eigenvalue weighted by atomic mass is 79.9. The van der Waals surface area contributed by atoms with Crippen molar-refractivity contribution in [1.29, 1.82) is 0 Å². The van der Waals surface area contributed by atoms with Gasteiger partial charge >= 0.3 is 0 Å². The van der Waals surface area contributed by atoms with E-state index in [4.69, 9.17) is 4.74 Å². The van der Waals surface area contributed by atoms with Crippen LogP contribution in [0.4, 0.5) is 0 Å². The number of fused-ring (bicyclic) bond motifs is 1. The minimum atomic E-state index is 0.0187. The topological polar surface area (TPSA) is 42.1 Å². The monoisotopic (exact) mass is 309 g/mol. The van der Waals surface area contributed by atoms with Gasteiger partial charge in [-0.2, -0.15) is 0 Å². The third-order valence-corrected chi connectivity index (χ3v) is 3.46. The highest BCUT2D eigenvalue weighted by Gasteiger charge is 2.11. The van der Waals surface area contributed by atoms with Crippen LogP contribution in [0.25, 0.3) is 10.9 Å². The first-order valence-electron chi connectivity index (χ1n) is 5.91.